The molecule has 0 amide bonds. The Balaban J connectivity index is 1.77. The van der Waals surface area contributed by atoms with E-state index in [1.54, 1.807) is 19.1 Å². The van der Waals surface area contributed by atoms with Gasteiger partial charge in [-0.25, -0.2) is 9.18 Å². The van der Waals surface area contributed by atoms with Gasteiger partial charge in [0.15, 0.2) is 5.57 Å². The van der Waals surface area contributed by atoms with E-state index in [-0.39, 0.29) is 30.3 Å². The number of nitrogens with zero attached hydrogens (tertiary/aromatic N) is 3. The molecule has 1 aliphatic heterocycles. The third kappa shape index (κ3) is 6.44. The molecule has 32 heavy (non-hydrogen) atoms. The summed E-state index contributed by atoms with van der Waals surface area (Å²) in [4.78, 5) is 16.6. The summed E-state index contributed by atoms with van der Waals surface area (Å²) in [5, 5.41) is 13.2. The van der Waals surface area contributed by atoms with Crippen LogP contribution in [0.4, 0.5) is 4.39 Å². The molecule has 0 bridgehead atoms. The van der Waals surface area contributed by atoms with E-state index in [2.05, 4.69) is 10.2 Å². The molecule has 1 saturated carbocycles. The number of hydrogen-bond acceptors (Lipinski definition) is 7. The van der Waals surface area contributed by atoms with Gasteiger partial charge in [0.1, 0.15) is 23.9 Å². The number of esters is 1. The molecule has 1 N–H and O–H groups in total. The van der Waals surface area contributed by atoms with Crippen molar-refractivity contribution >= 4 is 5.97 Å². The second-order valence-corrected chi connectivity index (χ2v) is 8.33. The van der Waals surface area contributed by atoms with E-state index in [4.69, 9.17) is 9.47 Å². The summed E-state index contributed by atoms with van der Waals surface area (Å²) in [7, 11) is 1.84. The number of likely N-dealkylation sites (N-methyl/N-ethyl adjacent to an activating group) is 1. The van der Waals surface area contributed by atoms with Crippen molar-refractivity contribution in [3.8, 4) is 6.07 Å². The zero-order valence-corrected chi connectivity index (χ0v) is 19.0. The fourth-order valence-electron chi connectivity index (χ4n) is 4.24. The molecule has 1 atom stereocenters. The Bertz CT molecular complexity index is 831. The van der Waals surface area contributed by atoms with E-state index in [0.717, 1.165) is 37.8 Å². The number of benzene rings is 1. The van der Waals surface area contributed by atoms with Gasteiger partial charge in [0.05, 0.1) is 13.2 Å². The zero-order chi connectivity index (χ0) is 22.9. The lowest BCUT2D eigenvalue weighted by Gasteiger charge is -2.40. The van der Waals surface area contributed by atoms with Crippen LogP contribution in [0.25, 0.3) is 0 Å². The quantitative estimate of drug-likeness (QED) is 0.375. The normalized spacial score (nSPS) is 20.8. The minimum Gasteiger partial charge on any atom is -0.462 e. The fraction of sp³-hybridized carbons (Fsp3) is 0.583. The van der Waals surface area contributed by atoms with Crippen molar-refractivity contribution < 1.29 is 18.7 Å². The summed E-state index contributed by atoms with van der Waals surface area (Å²) in [6.07, 6.45) is 5.12. The first-order valence-electron chi connectivity index (χ1n) is 11.4. The SMILES string of the molecule is CCOC(=O)/C(C#N)=C(/NC1CCCCC1)N(C)C1CN(Cc2ccc(F)cc2)CCO1. The molecule has 1 heterocycles. The second-order valence-electron chi connectivity index (χ2n) is 8.33. The van der Waals surface area contributed by atoms with Crippen LogP contribution in [0.1, 0.15) is 44.6 Å². The molecular formula is C24H33FN4O3. The third-order valence-electron chi connectivity index (χ3n) is 6.01. The van der Waals surface area contributed by atoms with Crippen LogP contribution in [0, 0.1) is 17.1 Å². The van der Waals surface area contributed by atoms with Gasteiger partial charge in [0, 0.05) is 32.7 Å². The van der Waals surface area contributed by atoms with Gasteiger partial charge in [0.25, 0.3) is 0 Å². The molecule has 0 aromatic heterocycles. The standard InChI is InChI=1S/C24H33FN4O3/c1-3-31-24(30)21(15-26)23(27-20-7-5-4-6-8-20)28(2)22-17-29(13-14-32-22)16-18-9-11-19(25)12-10-18/h9-12,20,22,27H,3-8,13-14,16-17H2,1-2H3/b23-21-. The summed E-state index contributed by atoms with van der Waals surface area (Å²) in [6.45, 7) is 4.46. The van der Waals surface area contributed by atoms with E-state index in [1.165, 1.54) is 18.6 Å². The molecule has 1 unspecified atom stereocenters. The molecule has 1 aromatic rings. The lowest BCUT2D eigenvalue weighted by Crippen LogP contribution is -2.52. The predicted octanol–water partition coefficient (Wildman–Crippen LogP) is 3.14. The summed E-state index contributed by atoms with van der Waals surface area (Å²) in [5.74, 6) is -0.412. The highest BCUT2D eigenvalue weighted by atomic mass is 19.1. The number of halogens is 1. The molecule has 3 rings (SSSR count). The Kier molecular flexibility index (Phi) is 8.89. The van der Waals surface area contributed by atoms with Crippen molar-refractivity contribution in [3.63, 3.8) is 0 Å². The number of nitriles is 1. The second kappa shape index (κ2) is 11.8. The summed E-state index contributed by atoms with van der Waals surface area (Å²) in [6, 6.07) is 8.76. The highest BCUT2D eigenvalue weighted by Crippen LogP contribution is 2.22. The van der Waals surface area contributed by atoms with Crippen LogP contribution in [0.3, 0.4) is 0 Å². The maximum absolute atomic E-state index is 13.2. The average molecular weight is 445 g/mol. The number of hydrogen-bond donors (Lipinski definition) is 1. The van der Waals surface area contributed by atoms with Gasteiger partial charge in [0.2, 0.25) is 0 Å². The third-order valence-corrected chi connectivity index (χ3v) is 6.01. The summed E-state index contributed by atoms with van der Waals surface area (Å²) >= 11 is 0. The highest BCUT2D eigenvalue weighted by Gasteiger charge is 2.30. The maximum atomic E-state index is 13.2. The molecule has 0 spiro atoms. The fourth-order valence-corrected chi connectivity index (χ4v) is 4.24. The first kappa shape index (κ1) is 24.0. The Morgan fingerprint density at radius 3 is 2.69 bits per heavy atom. The van der Waals surface area contributed by atoms with E-state index >= 15 is 0 Å². The molecule has 1 aliphatic carbocycles. The molecule has 7 nitrogen and oxygen atoms in total. The van der Waals surface area contributed by atoms with Crippen molar-refractivity contribution in [1.29, 1.82) is 5.26 Å². The monoisotopic (exact) mass is 444 g/mol. The Morgan fingerprint density at radius 2 is 2.03 bits per heavy atom. The van der Waals surface area contributed by atoms with Crippen LogP contribution in [0.2, 0.25) is 0 Å². The van der Waals surface area contributed by atoms with Crippen LogP contribution in [-0.2, 0) is 20.8 Å². The van der Waals surface area contributed by atoms with Gasteiger partial charge in [-0.15, -0.1) is 0 Å². The molecule has 1 saturated heterocycles. The van der Waals surface area contributed by atoms with Crippen molar-refractivity contribution in [2.45, 2.75) is 57.8 Å². The van der Waals surface area contributed by atoms with Crippen molar-refractivity contribution in [2.24, 2.45) is 0 Å². The first-order valence-corrected chi connectivity index (χ1v) is 11.4. The van der Waals surface area contributed by atoms with Crippen LogP contribution in [-0.4, -0.2) is 61.4 Å². The van der Waals surface area contributed by atoms with E-state index in [0.29, 0.717) is 25.5 Å². The lowest BCUT2D eigenvalue weighted by molar-refractivity contribution is -0.138. The lowest BCUT2D eigenvalue weighted by atomic mass is 9.95. The largest absolute Gasteiger partial charge is 0.462 e. The molecule has 174 valence electrons. The van der Waals surface area contributed by atoms with E-state index in [1.807, 2.05) is 18.0 Å². The molecule has 1 aromatic carbocycles. The molecule has 2 fully saturated rings. The Labute approximate surface area is 189 Å². The summed E-state index contributed by atoms with van der Waals surface area (Å²) < 4.78 is 24.4. The topological polar surface area (TPSA) is 77.8 Å². The van der Waals surface area contributed by atoms with Crippen molar-refractivity contribution in [1.82, 2.24) is 15.1 Å². The number of morpholine rings is 1. The maximum Gasteiger partial charge on any atom is 0.352 e. The number of carbonyl (C=O) groups is 1. The molecule has 8 heteroatoms. The number of nitrogens with one attached hydrogen (secondary N) is 1. The first-order chi connectivity index (χ1) is 15.5. The van der Waals surface area contributed by atoms with Gasteiger partial charge >= 0.3 is 5.97 Å². The van der Waals surface area contributed by atoms with Crippen LogP contribution in [0.15, 0.2) is 35.7 Å². The van der Waals surface area contributed by atoms with Gasteiger partial charge < -0.3 is 19.7 Å². The number of rotatable bonds is 8. The van der Waals surface area contributed by atoms with Gasteiger partial charge in [-0.2, -0.15) is 5.26 Å². The van der Waals surface area contributed by atoms with E-state index < -0.39 is 5.97 Å². The van der Waals surface area contributed by atoms with Crippen molar-refractivity contribution in [3.05, 3.63) is 47.0 Å². The van der Waals surface area contributed by atoms with Crippen LogP contribution >= 0.6 is 0 Å². The minimum absolute atomic E-state index is 0.0285. The predicted molar refractivity (Wildman–Crippen MR) is 118 cm³/mol. The Morgan fingerprint density at radius 1 is 1.31 bits per heavy atom. The smallest absolute Gasteiger partial charge is 0.352 e. The summed E-state index contributed by atoms with van der Waals surface area (Å²) in [5.41, 5.74) is 0.995. The van der Waals surface area contributed by atoms with Gasteiger partial charge in [-0.3, -0.25) is 4.90 Å². The molecule has 0 radical (unpaired) electrons. The highest BCUT2D eigenvalue weighted by molar-refractivity contribution is 5.93. The van der Waals surface area contributed by atoms with Crippen LogP contribution in [0.5, 0.6) is 0 Å². The van der Waals surface area contributed by atoms with Gasteiger partial charge in [-0.1, -0.05) is 31.4 Å². The van der Waals surface area contributed by atoms with Crippen LogP contribution < -0.4 is 5.32 Å². The molecular weight excluding hydrogens is 411 g/mol. The van der Waals surface area contributed by atoms with Crippen molar-refractivity contribution in [2.75, 3.05) is 33.4 Å². The van der Waals surface area contributed by atoms with E-state index in [9.17, 15) is 14.4 Å². The zero-order valence-electron chi connectivity index (χ0n) is 19.0. The number of ether oxygens (including phenoxy) is 2. The molecule has 2 aliphatic rings. The Hall–Kier alpha value is -2.63. The van der Waals surface area contributed by atoms with Gasteiger partial charge in [-0.05, 0) is 37.5 Å². The minimum atomic E-state index is -0.626. The average Bonchev–Trinajstić information content (AvgIpc) is 2.81. The number of carbonyl (C=O) groups excluding carboxylic acids is 1.